The molecule has 2 aliphatic carbocycles. The van der Waals surface area contributed by atoms with Gasteiger partial charge in [0, 0.05) is 40.3 Å². The summed E-state index contributed by atoms with van der Waals surface area (Å²) in [5.41, 5.74) is 2.07. The molecule has 6 atom stereocenters. The molecule has 4 N–H and O–H groups in total. The number of nitrogens with one attached hydrogen (secondary N) is 1. The van der Waals surface area contributed by atoms with Gasteiger partial charge in [-0.1, -0.05) is 47.1 Å². The van der Waals surface area contributed by atoms with Gasteiger partial charge in [0.25, 0.3) is 0 Å². The number of halogens is 2. The highest BCUT2D eigenvalue weighted by atomic mass is 35.5. The summed E-state index contributed by atoms with van der Waals surface area (Å²) >= 11 is 13.9. The van der Waals surface area contributed by atoms with Crippen molar-refractivity contribution in [3.63, 3.8) is 0 Å². The first-order chi connectivity index (χ1) is 16.4. The molecule has 0 saturated heterocycles. The fourth-order valence-electron chi connectivity index (χ4n) is 4.60. The third-order valence-electron chi connectivity index (χ3n) is 6.48. The van der Waals surface area contributed by atoms with Crippen LogP contribution in [0.2, 0.25) is 10.0 Å². The lowest BCUT2D eigenvalue weighted by Gasteiger charge is -2.17. The minimum Gasteiger partial charge on any atom is -0.396 e. The molecule has 3 aromatic rings. The van der Waals surface area contributed by atoms with E-state index in [4.69, 9.17) is 28.2 Å². The summed E-state index contributed by atoms with van der Waals surface area (Å²) in [5, 5.41) is 44.3. The molecule has 2 heterocycles. The van der Waals surface area contributed by atoms with E-state index in [9.17, 15) is 15.3 Å². The second kappa shape index (κ2) is 9.75. The largest absolute Gasteiger partial charge is 0.396 e. The molecule has 2 aromatic heterocycles. The van der Waals surface area contributed by atoms with E-state index in [1.165, 1.54) is 0 Å². The first-order valence-corrected chi connectivity index (χ1v) is 13.1. The predicted octanol–water partition coefficient (Wildman–Crippen LogP) is 3.27. The zero-order chi connectivity index (χ0) is 24.0. The number of nitrogens with zero attached hydrogens (tertiary/aromatic N) is 5. The topological polar surface area (TPSA) is 129 Å². The summed E-state index contributed by atoms with van der Waals surface area (Å²) in [5.74, 6) is 1.27. The van der Waals surface area contributed by atoms with E-state index in [1.807, 2.05) is 12.1 Å². The first kappa shape index (κ1) is 24.0. The number of aromatic nitrogens is 5. The van der Waals surface area contributed by atoms with Crippen LogP contribution in [-0.2, 0) is 0 Å². The smallest absolute Gasteiger partial charge is 0.191 e. The van der Waals surface area contributed by atoms with Crippen molar-refractivity contribution in [3.8, 4) is 0 Å². The van der Waals surface area contributed by atoms with E-state index in [2.05, 4.69) is 27.5 Å². The maximum atomic E-state index is 10.6. The van der Waals surface area contributed by atoms with Gasteiger partial charge in [-0.15, -0.1) is 5.10 Å². The number of hydrogen-bond donors (Lipinski definition) is 4. The van der Waals surface area contributed by atoms with E-state index in [0.717, 1.165) is 24.2 Å². The highest BCUT2D eigenvalue weighted by Gasteiger charge is 2.44. The van der Waals surface area contributed by atoms with Crippen LogP contribution in [0.15, 0.2) is 23.4 Å². The number of hydrogen-bond acceptors (Lipinski definition) is 9. The van der Waals surface area contributed by atoms with Gasteiger partial charge in [-0.05, 0) is 43.0 Å². The van der Waals surface area contributed by atoms with Crippen molar-refractivity contribution in [1.29, 1.82) is 0 Å². The van der Waals surface area contributed by atoms with Gasteiger partial charge in [0.05, 0.1) is 12.1 Å². The molecule has 9 nitrogen and oxygen atoms in total. The summed E-state index contributed by atoms with van der Waals surface area (Å²) in [6.45, 7) is 1.88. The third kappa shape index (κ3) is 4.59. The lowest BCUT2D eigenvalue weighted by Crippen LogP contribution is -2.30. The van der Waals surface area contributed by atoms with Crippen LogP contribution in [0.3, 0.4) is 0 Å². The van der Waals surface area contributed by atoms with Gasteiger partial charge in [0.15, 0.2) is 22.1 Å². The van der Waals surface area contributed by atoms with Crippen LogP contribution in [0.4, 0.5) is 5.82 Å². The summed E-state index contributed by atoms with van der Waals surface area (Å²) in [7, 11) is 0. The average Bonchev–Trinajstić information content (AvgIpc) is 3.35. The van der Waals surface area contributed by atoms with Crippen LogP contribution in [0, 0.1) is 5.92 Å². The van der Waals surface area contributed by atoms with Gasteiger partial charge >= 0.3 is 0 Å². The Morgan fingerprint density at radius 3 is 2.56 bits per heavy atom. The van der Waals surface area contributed by atoms with Crippen LogP contribution in [0.25, 0.3) is 11.2 Å². The van der Waals surface area contributed by atoms with Crippen molar-refractivity contribution in [2.45, 2.75) is 61.6 Å². The molecule has 2 aliphatic rings. The fraction of sp³-hybridized carbons (Fsp3) is 0.545. The molecular formula is C22H26Cl2N6O3S. The number of anilines is 1. The fourth-order valence-corrected chi connectivity index (χ4v) is 5.84. The number of rotatable bonds is 8. The van der Waals surface area contributed by atoms with Crippen molar-refractivity contribution < 1.29 is 15.3 Å². The average molecular weight is 525 g/mol. The van der Waals surface area contributed by atoms with Gasteiger partial charge in [-0.25, -0.2) is 14.6 Å². The van der Waals surface area contributed by atoms with Crippen molar-refractivity contribution in [2.75, 3.05) is 17.7 Å². The zero-order valence-corrected chi connectivity index (χ0v) is 20.8. The molecule has 182 valence electrons. The number of aliphatic hydroxyl groups excluding tert-OH is 3. The van der Waals surface area contributed by atoms with Crippen LogP contribution >= 0.6 is 35.0 Å². The standard InChI is InChI=1S/C22H26Cl2N6O3S/c1-2-3-34-22-26-20(25-15-8-14(15)10-4-12(23)7-13(24)5-10)17-21(27-22)30(29-28-17)16-6-11(9-31)18(32)19(16)33/h4-5,7,11,14-16,18-19,31-33H,2-3,6,8-9H2,1H3,(H,25,26,27)/t11-,14?,15?,16-,18-,19+/m1/s1. The Morgan fingerprint density at radius 1 is 1.12 bits per heavy atom. The van der Waals surface area contributed by atoms with Crippen molar-refractivity contribution >= 4 is 51.9 Å². The highest BCUT2D eigenvalue weighted by Crippen LogP contribution is 2.45. The Labute approximate surface area is 210 Å². The Hall–Kier alpha value is -1.69. The molecule has 0 bridgehead atoms. The molecule has 2 fully saturated rings. The van der Waals surface area contributed by atoms with Crippen LogP contribution in [0.1, 0.15) is 43.7 Å². The number of aliphatic hydroxyl groups is 3. The summed E-state index contributed by atoms with van der Waals surface area (Å²) < 4.78 is 1.56. The number of fused-ring (bicyclic) bond motifs is 1. The van der Waals surface area contributed by atoms with Crippen LogP contribution in [0.5, 0.6) is 0 Å². The molecule has 34 heavy (non-hydrogen) atoms. The van der Waals surface area contributed by atoms with Crippen molar-refractivity contribution in [2.24, 2.45) is 5.92 Å². The molecule has 12 heteroatoms. The van der Waals surface area contributed by atoms with Gasteiger partial charge in [-0.2, -0.15) is 0 Å². The molecule has 0 amide bonds. The van der Waals surface area contributed by atoms with E-state index >= 15 is 0 Å². The highest BCUT2D eigenvalue weighted by molar-refractivity contribution is 7.99. The van der Waals surface area contributed by atoms with Gasteiger partial charge in [0.1, 0.15) is 6.10 Å². The monoisotopic (exact) mass is 524 g/mol. The maximum absolute atomic E-state index is 10.6. The molecule has 0 aliphatic heterocycles. The van der Waals surface area contributed by atoms with Gasteiger partial charge in [-0.3, -0.25) is 0 Å². The van der Waals surface area contributed by atoms with Gasteiger partial charge < -0.3 is 20.6 Å². The summed E-state index contributed by atoms with van der Waals surface area (Å²) in [6, 6.07) is 5.18. The second-order valence-electron chi connectivity index (χ2n) is 8.93. The Kier molecular flexibility index (Phi) is 6.89. The Balaban J connectivity index is 1.46. The van der Waals surface area contributed by atoms with Crippen molar-refractivity contribution in [3.05, 3.63) is 33.8 Å². The third-order valence-corrected chi connectivity index (χ3v) is 7.97. The van der Waals surface area contributed by atoms with E-state index in [1.54, 1.807) is 22.5 Å². The number of thioether (sulfide) groups is 1. The zero-order valence-electron chi connectivity index (χ0n) is 18.5. The second-order valence-corrected chi connectivity index (χ2v) is 10.9. The Bertz CT molecular complexity index is 1180. The van der Waals surface area contributed by atoms with E-state index in [-0.39, 0.29) is 18.6 Å². The molecule has 0 spiro atoms. The normalized spacial score (nSPS) is 28.5. The summed E-state index contributed by atoms with van der Waals surface area (Å²) in [6.07, 6.45) is 0.152. The number of benzene rings is 1. The minimum atomic E-state index is -1.07. The molecule has 5 rings (SSSR count). The van der Waals surface area contributed by atoms with Gasteiger partial charge in [0.2, 0.25) is 0 Å². The maximum Gasteiger partial charge on any atom is 0.191 e. The predicted molar refractivity (Wildman–Crippen MR) is 132 cm³/mol. The molecule has 2 saturated carbocycles. The summed E-state index contributed by atoms with van der Waals surface area (Å²) in [4.78, 5) is 9.38. The molecule has 0 radical (unpaired) electrons. The quantitative estimate of drug-likeness (QED) is 0.259. The SMILES string of the molecule is CCCSc1nc(NC2CC2c2cc(Cl)cc(Cl)c2)c2nnn([C@@H]3C[C@H](CO)[C@@H](O)[C@H]3O)c2n1. The van der Waals surface area contributed by atoms with Crippen molar-refractivity contribution in [1.82, 2.24) is 25.0 Å². The molecule has 2 unspecified atom stereocenters. The van der Waals surface area contributed by atoms with E-state index < -0.39 is 24.2 Å². The lowest BCUT2D eigenvalue weighted by molar-refractivity contribution is -0.00512. The minimum absolute atomic E-state index is 0.138. The lowest BCUT2D eigenvalue weighted by atomic mass is 10.1. The first-order valence-electron chi connectivity index (χ1n) is 11.3. The molecular weight excluding hydrogens is 499 g/mol. The molecule has 1 aromatic carbocycles. The Morgan fingerprint density at radius 2 is 1.88 bits per heavy atom. The van der Waals surface area contributed by atoms with Crippen LogP contribution in [-0.4, -0.2) is 70.9 Å². The van der Waals surface area contributed by atoms with Crippen LogP contribution < -0.4 is 5.32 Å². The van der Waals surface area contributed by atoms with E-state index in [0.29, 0.717) is 38.6 Å².